The molecule has 0 aromatic heterocycles. The van der Waals surface area contributed by atoms with Gasteiger partial charge in [0.2, 0.25) is 5.91 Å². The summed E-state index contributed by atoms with van der Waals surface area (Å²) in [7, 11) is 2.82. The molecular weight excluding hydrogens is 256 g/mol. The monoisotopic (exact) mass is 270 g/mol. The van der Waals surface area contributed by atoms with Crippen molar-refractivity contribution < 1.29 is 27.2 Å². The fraction of sp³-hybridized carbons (Fsp3) is 0.800. The van der Waals surface area contributed by atoms with Crippen molar-refractivity contribution in [2.24, 2.45) is 0 Å². The zero-order valence-corrected chi connectivity index (χ0v) is 10.00. The fourth-order valence-electron chi connectivity index (χ4n) is 1.85. The van der Waals surface area contributed by atoms with E-state index in [2.05, 4.69) is 0 Å². The number of nitrogens with zero attached hydrogens (tertiary/aromatic N) is 2. The highest BCUT2D eigenvalue weighted by atomic mass is 19.3. The number of halogens is 4. The maximum atomic E-state index is 13.0. The Labute approximate surface area is 102 Å². The van der Waals surface area contributed by atoms with E-state index in [1.165, 1.54) is 14.1 Å². The largest absolute Gasteiger partial charge is 0.383 e. The predicted octanol–water partition coefficient (Wildman–Crippen LogP) is 0.966. The Hall–Kier alpha value is -1.34. The summed E-state index contributed by atoms with van der Waals surface area (Å²) in [6.45, 7) is -0.106. The molecule has 2 amide bonds. The van der Waals surface area contributed by atoms with E-state index in [0.29, 0.717) is 11.3 Å². The van der Waals surface area contributed by atoms with Gasteiger partial charge in [-0.2, -0.15) is 8.78 Å². The van der Waals surface area contributed by atoms with Crippen molar-refractivity contribution in [3.63, 3.8) is 0 Å². The van der Waals surface area contributed by atoms with Crippen LogP contribution in [-0.2, 0) is 9.59 Å². The Kier molecular flexibility index (Phi) is 4.18. The lowest BCUT2D eigenvalue weighted by Gasteiger charge is -2.28. The minimum absolute atomic E-state index is 0.106. The molecule has 0 aromatic carbocycles. The van der Waals surface area contributed by atoms with Gasteiger partial charge in [-0.1, -0.05) is 0 Å². The van der Waals surface area contributed by atoms with Crippen molar-refractivity contribution >= 4 is 11.8 Å². The molecule has 1 fully saturated rings. The first-order valence-electron chi connectivity index (χ1n) is 5.37. The number of likely N-dealkylation sites (tertiary alicyclic amines) is 1. The quantitative estimate of drug-likeness (QED) is 0.717. The highest BCUT2D eigenvalue weighted by Gasteiger charge is 2.53. The van der Waals surface area contributed by atoms with Crippen molar-refractivity contribution in [2.45, 2.75) is 31.2 Å². The lowest BCUT2D eigenvalue weighted by atomic mass is 10.2. The molecular formula is C10H14F4N2O2. The summed E-state index contributed by atoms with van der Waals surface area (Å²) in [5.41, 5.74) is 0. The molecule has 0 N–H and O–H groups in total. The van der Waals surface area contributed by atoms with Crippen LogP contribution in [0.3, 0.4) is 0 Å². The minimum Gasteiger partial charge on any atom is -0.347 e. The van der Waals surface area contributed by atoms with Crippen LogP contribution in [0.5, 0.6) is 0 Å². The first kappa shape index (κ1) is 14.7. The van der Waals surface area contributed by atoms with Gasteiger partial charge in [-0.3, -0.25) is 9.59 Å². The Bertz CT molecular complexity index is 347. The zero-order valence-electron chi connectivity index (χ0n) is 10.00. The van der Waals surface area contributed by atoms with Gasteiger partial charge < -0.3 is 9.80 Å². The van der Waals surface area contributed by atoms with Crippen LogP contribution in [0.1, 0.15) is 12.8 Å². The summed E-state index contributed by atoms with van der Waals surface area (Å²) in [6, 6.07) is -1.07. The molecule has 8 heteroatoms. The molecule has 1 heterocycles. The third-order valence-corrected chi connectivity index (χ3v) is 2.80. The highest BCUT2D eigenvalue weighted by molar-refractivity contribution is 5.91. The molecule has 1 atom stereocenters. The molecule has 4 nitrogen and oxygen atoms in total. The average molecular weight is 270 g/mol. The van der Waals surface area contributed by atoms with Crippen LogP contribution >= 0.6 is 0 Å². The number of carbonyl (C=O) groups excluding carboxylic acids is 2. The van der Waals surface area contributed by atoms with E-state index in [1.807, 2.05) is 0 Å². The number of hydrogen-bond donors (Lipinski definition) is 0. The second kappa shape index (κ2) is 5.11. The molecule has 0 aromatic rings. The van der Waals surface area contributed by atoms with E-state index in [1.54, 1.807) is 0 Å². The molecule has 1 aliphatic rings. The lowest BCUT2D eigenvalue weighted by Crippen LogP contribution is -2.53. The molecule has 0 radical (unpaired) electrons. The number of amides is 2. The summed E-state index contributed by atoms with van der Waals surface area (Å²) in [6.07, 6.45) is -3.52. The Balaban J connectivity index is 2.89. The van der Waals surface area contributed by atoms with E-state index in [-0.39, 0.29) is 13.0 Å². The maximum Gasteiger partial charge on any atom is 0.383 e. The number of carbonyl (C=O) groups is 2. The van der Waals surface area contributed by atoms with Crippen LogP contribution in [0.25, 0.3) is 0 Å². The predicted molar refractivity (Wildman–Crippen MR) is 54.4 cm³/mol. The number of hydrogen-bond acceptors (Lipinski definition) is 2. The van der Waals surface area contributed by atoms with Crippen LogP contribution in [0.2, 0.25) is 0 Å². The van der Waals surface area contributed by atoms with E-state index >= 15 is 0 Å². The lowest BCUT2D eigenvalue weighted by molar-refractivity contribution is -0.182. The number of likely N-dealkylation sites (N-methyl/N-ethyl adjacent to an activating group) is 1. The standard InChI is InChI=1S/C10H14F4N2O2/c1-15(2)7(17)6-4-3-5-16(6)9(18)10(13,14)8(11)12/h6,8H,3-5H2,1-2H3. The van der Waals surface area contributed by atoms with Gasteiger partial charge in [-0.15, -0.1) is 0 Å². The van der Waals surface area contributed by atoms with E-state index in [4.69, 9.17) is 0 Å². The van der Waals surface area contributed by atoms with Gasteiger partial charge in [-0.05, 0) is 12.8 Å². The highest BCUT2D eigenvalue weighted by Crippen LogP contribution is 2.29. The summed E-state index contributed by atoms with van der Waals surface area (Å²) >= 11 is 0. The molecule has 0 saturated carbocycles. The van der Waals surface area contributed by atoms with E-state index in [0.717, 1.165) is 4.90 Å². The van der Waals surface area contributed by atoms with Gasteiger partial charge in [0.25, 0.3) is 5.91 Å². The van der Waals surface area contributed by atoms with Crippen LogP contribution in [0.4, 0.5) is 17.6 Å². The first-order valence-corrected chi connectivity index (χ1v) is 5.37. The smallest absolute Gasteiger partial charge is 0.347 e. The van der Waals surface area contributed by atoms with Gasteiger partial charge in [-0.25, -0.2) is 8.78 Å². The third kappa shape index (κ3) is 2.56. The summed E-state index contributed by atoms with van der Waals surface area (Å²) < 4.78 is 50.1. The molecule has 0 spiro atoms. The first-order chi connectivity index (χ1) is 8.19. The van der Waals surface area contributed by atoms with Gasteiger partial charge in [0.15, 0.2) is 0 Å². The molecule has 18 heavy (non-hydrogen) atoms. The second-order valence-corrected chi connectivity index (χ2v) is 4.31. The van der Waals surface area contributed by atoms with Crippen LogP contribution in [0, 0.1) is 0 Å². The number of alkyl halides is 4. The topological polar surface area (TPSA) is 40.6 Å². The Morgan fingerprint density at radius 1 is 1.33 bits per heavy atom. The van der Waals surface area contributed by atoms with Crippen molar-refractivity contribution in [1.29, 1.82) is 0 Å². The van der Waals surface area contributed by atoms with Crippen molar-refractivity contribution in [3.8, 4) is 0 Å². The molecule has 1 saturated heterocycles. The van der Waals surface area contributed by atoms with Crippen LogP contribution in [-0.4, -0.2) is 60.6 Å². The molecule has 104 valence electrons. The third-order valence-electron chi connectivity index (χ3n) is 2.80. The summed E-state index contributed by atoms with van der Waals surface area (Å²) in [5.74, 6) is -7.25. The van der Waals surface area contributed by atoms with E-state index < -0.39 is 30.2 Å². The maximum absolute atomic E-state index is 13.0. The van der Waals surface area contributed by atoms with Crippen molar-refractivity contribution in [2.75, 3.05) is 20.6 Å². The molecule has 1 unspecified atom stereocenters. The molecule has 1 aliphatic heterocycles. The number of rotatable bonds is 3. The molecule has 1 rings (SSSR count). The SMILES string of the molecule is CN(C)C(=O)C1CCCN1C(=O)C(F)(F)C(F)F. The van der Waals surface area contributed by atoms with Crippen LogP contribution in [0.15, 0.2) is 0 Å². The Morgan fingerprint density at radius 3 is 2.33 bits per heavy atom. The normalized spacial score (nSPS) is 20.4. The summed E-state index contributed by atoms with van der Waals surface area (Å²) in [5, 5.41) is 0. The molecule has 0 aliphatic carbocycles. The average Bonchev–Trinajstić information content (AvgIpc) is 2.74. The van der Waals surface area contributed by atoms with Crippen LogP contribution < -0.4 is 0 Å². The van der Waals surface area contributed by atoms with Gasteiger partial charge >= 0.3 is 12.3 Å². The van der Waals surface area contributed by atoms with Crippen molar-refractivity contribution in [3.05, 3.63) is 0 Å². The van der Waals surface area contributed by atoms with Gasteiger partial charge in [0.1, 0.15) is 6.04 Å². The van der Waals surface area contributed by atoms with Gasteiger partial charge in [0, 0.05) is 20.6 Å². The second-order valence-electron chi connectivity index (χ2n) is 4.31. The molecule has 0 bridgehead atoms. The van der Waals surface area contributed by atoms with E-state index in [9.17, 15) is 27.2 Å². The minimum atomic E-state index is -4.74. The summed E-state index contributed by atoms with van der Waals surface area (Å²) in [4.78, 5) is 24.7. The fourth-order valence-corrected chi connectivity index (χ4v) is 1.85. The Morgan fingerprint density at radius 2 is 1.89 bits per heavy atom. The van der Waals surface area contributed by atoms with Crippen molar-refractivity contribution in [1.82, 2.24) is 9.80 Å². The zero-order chi connectivity index (χ0) is 14.1. The van der Waals surface area contributed by atoms with Gasteiger partial charge in [0.05, 0.1) is 0 Å².